The molecule has 0 saturated heterocycles. The predicted molar refractivity (Wildman–Crippen MR) is 74.8 cm³/mol. The predicted octanol–water partition coefficient (Wildman–Crippen LogP) is 2.58. The van der Waals surface area contributed by atoms with Crippen molar-refractivity contribution < 1.29 is 0 Å². The molecule has 4 nitrogen and oxygen atoms in total. The first-order valence-electron chi connectivity index (χ1n) is 6.11. The summed E-state index contributed by atoms with van der Waals surface area (Å²) in [5.41, 5.74) is 2.25. The lowest BCUT2D eigenvalue weighted by molar-refractivity contribution is 0.423. The van der Waals surface area contributed by atoms with Crippen LogP contribution in [0, 0.1) is 6.92 Å². The Morgan fingerprint density at radius 1 is 1.39 bits per heavy atom. The van der Waals surface area contributed by atoms with Gasteiger partial charge in [-0.3, -0.25) is 4.68 Å². The van der Waals surface area contributed by atoms with E-state index in [1.54, 1.807) is 11.3 Å². The normalized spacial score (nSPS) is 12.0. The highest BCUT2D eigenvalue weighted by Crippen LogP contribution is 2.12. The Hall–Kier alpha value is -1.20. The van der Waals surface area contributed by atoms with E-state index in [9.17, 15) is 0 Å². The SMILES string of the molecule is Cc1ccn(Cc2csc(CNC(C)(C)C)n2)n1. The molecule has 2 rings (SSSR count). The van der Waals surface area contributed by atoms with E-state index >= 15 is 0 Å². The van der Waals surface area contributed by atoms with Gasteiger partial charge >= 0.3 is 0 Å². The molecule has 2 heterocycles. The summed E-state index contributed by atoms with van der Waals surface area (Å²) in [6, 6.07) is 2.01. The summed E-state index contributed by atoms with van der Waals surface area (Å²) in [6.07, 6.45) is 1.99. The molecule has 0 aliphatic heterocycles. The molecule has 0 aliphatic carbocycles. The van der Waals surface area contributed by atoms with E-state index in [0.29, 0.717) is 0 Å². The van der Waals surface area contributed by atoms with Crippen LogP contribution in [0.2, 0.25) is 0 Å². The van der Waals surface area contributed by atoms with E-state index in [0.717, 1.165) is 29.5 Å². The molecule has 0 amide bonds. The Kier molecular flexibility index (Phi) is 3.82. The van der Waals surface area contributed by atoms with Crippen molar-refractivity contribution in [3.63, 3.8) is 0 Å². The maximum atomic E-state index is 4.61. The minimum atomic E-state index is 0.130. The molecule has 0 atom stereocenters. The van der Waals surface area contributed by atoms with Gasteiger partial charge in [0.05, 0.1) is 17.9 Å². The second kappa shape index (κ2) is 5.20. The Bertz CT molecular complexity index is 507. The fourth-order valence-corrected chi connectivity index (χ4v) is 2.29. The third kappa shape index (κ3) is 3.92. The summed E-state index contributed by atoms with van der Waals surface area (Å²) >= 11 is 1.70. The molecule has 0 saturated carbocycles. The van der Waals surface area contributed by atoms with Crippen molar-refractivity contribution in [2.75, 3.05) is 0 Å². The van der Waals surface area contributed by atoms with Crippen LogP contribution in [0.4, 0.5) is 0 Å². The largest absolute Gasteiger partial charge is 0.306 e. The van der Waals surface area contributed by atoms with E-state index in [4.69, 9.17) is 0 Å². The molecule has 0 unspecified atom stereocenters. The van der Waals surface area contributed by atoms with Crippen LogP contribution in [-0.2, 0) is 13.1 Å². The highest BCUT2D eigenvalue weighted by molar-refractivity contribution is 7.09. The van der Waals surface area contributed by atoms with Crippen molar-refractivity contribution >= 4 is 11.3 Å². The van der Waals surface area contributed by atoms with Crippen LogP contribution in [0.25, 0.3) is 0 Å². The topological polar surface area (TPSA) is 42.7 Å². The molecular weight excluding hydrogens is 244 g/mol. The standard InChI is InChI=1S/C13H20N4S/c1-10-5-6-17(16-10)8-11-9-18-12(15-11)7-14-13(2,3)4/h5-6,9,14H,7-8H2,1-4H3. The zero-order chi connectivity index (χ0) is 13.2. The van der Waals surface area contributed by atoms with Gasteiger partial charge in [-0.2, -0.15) is 5.10 Å². The van der Waals surface area contributed by atoms with Gasteiger partial charge in [0, 0.05) is 23.7 Å². The number of aromatic nitrogens is 3. The first-order valence-corrected chi connectivity index (χ1v) is 6.99. The molecule has 0 fully saturated rings. The molecule has 0 aliphatic rings. The van der Waals surface area contributed by atoms with Gasteiger partial charge in [0.25, 0.3) is 0 Å². The van der Waals surface area contributed by atoms with Crippen molar-refractivity contribution in [1.82, 2.24) is 20.1 Å². The van der Waals surface area contributed by atoms with Crippen LogP contribution in [0.1, 0.15) is 37.2 Å². The fourth-order valence-electron chi connectivity index (χ4n) is 1.56. The molecule has 0 radical (unpaired) electrons. The van der Waals surface area contributed by atoms with Gasteiger partial charge in [-0.15, -0.1) is 11.3 Å². The number of hydrogen-bond acceptors (Lipinski definition) is 4. The van der Waals surface area contributed by atoms with Gasteiger partial charge < -0.3 is 5.32 Å². The monoisotopic (exact) mass is 264 g/mol. The van der Waals surface area contributed by atoms with Crippen LogP contribution in [0.3, 0.4) is 0 Å². The average molecular weight is 264 g/mol. The van der Waals surface area contributed by atoms with Crippen molar-refractivity contribution in [3.05, 3.63) is 34.0 Å². The van der Waals surface area contributed by atoms with Crippen molar-refractivity contribution in [2.24, 2.45) is 0 Å². The summed E-state index contributed by atoms with van der Waals surface area (Å²) in [4.78, 5) is 4.61. The third-order valence-corrected chi connectivity index (χ3v) is 3.36. The molecule has 2 aromatic heterocycles. The van der Waals surface area contributed by atoms with E-state index in [2.05, 4.69) is 41.6 Å². The van der Waals surface area contributed by atoms with Gasteiger partial charge in [-0.25, -0.2) is 4.98 Å². The van der Waals surface area contributed by atoms with E-state index in [1.165, 1.54) is 0 Å². The van der Waals surface area contributed by atoms with Crippen LogP contribution in [0.15, 0.2) is 17.6 Å². The molecule has 18 heavy (non-hydrogen) atoms. The summed E-state index contributed by atoms with van der Waals surface area (Å²) in [6.45, 7) is 10.1. The van der Waals surface area contributed by atoms with Gasteiger partial charge in [0.1, 0.15) is 5.01 Å². The van der Waals surface area contributed by atoms with E-state index in [-0.39, 0.29) is 5.54 Å². The third-order valence-electron chi connectivity index (χ3n) is 2.47. The number of rotatable bonds is 4. The fraction of sp³-hybridized carbons (Fsp3) is 0.538. The summed E-state index contributed by atoms with van der Waals surface area (Å²) in [5.74, 6) is 0. The van der Waals surface area contributed by atoms with Crippen LogP contribution >= 0.6 is 11.3 Å². The number of hydrogen-bond donors (Lipinski definition) is 1. The smallest absolute Gasteiger partial charge is 0.107 e. The Morgan fingerprint density at radius 2 is 2.17 bits per heavy atom. The zero-order valence-corrected chi connectivity index (χ0v) is 12.2. The molecule has 1 N–H and O–H groups in total. The lowest BCUT2D eigenvalue weighted by Gasteiger charge is -2.19. The lowest BCUT2D eigenvalue weighted by Crippen LogP contribution is -2.35. The minimum absolute atomic E-state index is 0.130. The maximum Gasteiger partial charge on any atom is 0.107 e. The summed E-state index contributed by atoms with van der Waals surface area (Å²) in [7, 11) is 0. The van der Waals surface area contributed by atoms with Crippen molar-refractivity contribution in [1.29, 1.82) is 0 Å². The minimum Gasteiger partial charge on any atom is -0.306 e. The molecule has 0 spiro atoms. The number of nitrogens with one attached hydrogen (secondary N) is 1. The Labute approximate surface area is 112 Å². The number of aryl methyl sites for hydroxylation is 1. The highest BCUT2D eigenvalue weighted by Gasteiger charge is 2.10. The first-order chi connectivity index (χ1) is 8.42. The van der Waals surface area contributed by atoms with E-state index < -0.39 is 0 Å². The first kappa shape index (κ1) is 13.2. The number of nitrogens with zero attached hydrogens (tertiary/aromatic N) is 3. The summed E-state index contributed by atoms with van der Waals surface area (Å²) in [5, 5.41) is 11.0. The van der Waals surface area contributed by atoms with Crippen LogP contribution in [0.5, 0.6) is 0 Å². The summed E-state index contributed by atoms with van der Waals surface area (Å²) < 4.78 is 1.92. The molecule has 2 aromatic rings. The quantitative estimate of drug-likeness (QED) is 0.923. The van der Waals surface area contributed by atoms with Gasteiger partial charge in [-0.1, -0.05) is 0 Å². The van der Waals surface area contributed by atoms with Gasteiger partial charge in [0.2, 0.25) is 0 Å². The van der Waals surface area contributed by atoms with E-state index in [1.807, 2.05) is 23.9 Å². The molecule has 98 valence electrons. The maximum absolute atomic E-state index is 4.61. The van der Waals surface area contributed by atoms with Gasteiger partial charge in [-0.05, 0) is 33.8 Å². The average Bonchev–Trinajstić information content (AvgIpc) is 2.85. The Balaban J connectivity index is 1.94. The van der Waals surface area contributed by atoms with Crippen molar-refractivity contribution in [2.45, 2.75) is 46.3 Å². The molecule has 5 heteroatoms. The van der Waals surface area contributed by atoms with Crippen molar-refractivity contribution in [3.8, 4) is 0 Å². The second-order valence-electron chi connectivity index (χ2n) is 5.49. The molecular formula is C13H20N4S. The molecule has 0 bridgehead atoms. The number of thiazole rings is 1. The second-order valence-corrected chi connectivity index (χ2v) is 6.43. The molecule has 0 aromatic carbocycles. The van der Waals surface area contributed by atoms with Gasteiger partial charge in [0.15, 0.2) is 0 Å². The lowest BCUT2D eigenvalue weighted by atomic mass is 10.1. The van der Waals surface area contributed by atoms with Crippen LogP contribution < -0.4 is 5.32 Å². The zero-order valence-electron chi connectivity index (χ0n) is 11.4. The Morgan fingerprint density at radius 3 is 2.78 bits per heavy atom. The van der Waals surface area contributed by atoms with Crippen LogP contribution in [-0.4, -0.2) is 20.3 Å². The highest BCUT2D eigenvalue weighted by atomic mass is 32.1.